The minimum absolute atomic E-state index is 0.931. The molecule has 5 heterocycles. The molecule has 298 valence electrons. The summed E-state index contributed by atoms with van der Waals surface area (Å²) < 4.78 is 10.2. The van der Waals surface area contributed by atoms with Crippen LogP contribution in [0.1, 0.15) is 0 Å². The first-order valence-corrected chi connectivity index (χ1v) is 23.3. The van der Waals surface area contributed by atoms with Crippen molar-refractivity contribution in [3.63, 3.8) is 0 Å². The molecule has 0 aliphatic rings. The van der Waals surface area contributed by atoms with Gasteiger partial charge in [-0.25, -0.2) is 4.98 Å². The van der Waals surface area contributed by atoms with Gasteiger partial charge in [0.15, 0.2) is 0 Å². The lowest BCUT2D eigenvalue weighted by atomic mass is 9.99. The number of pyridine rings is 1. The first-order valence-electron chi connectivity index (χ1n) is 21.7. The predicted molar refractivity (Wildman–Crippen MR) is 275 cm³/mol. The molecule has 3 nitrogen and oxygen atoms in total. The first kappa shape index (κ1) is 35.7. The fourth-order valence-corrected chi connectivity index (χ4v) is 12.8. The van der Waals surface area contributed by atoms with Gasteiger partial charge in [-0.2, -0.15) is 0 Å². The van der Waals surface area contributed by atoms with E-state index in [4.69, 9.17) is 4.98 Å². The number of fused-ring (bicyclic) bond motifs is 14. The Balaban J connectivity index is 0.945. The highest BCUT2D eigenvalue weighted by Gasteiger charge is 2.20. The third kappa shape index (κ3) is 5.29. The van der Waals surface area contributed by atoms with Gasteiger partial charge in [0.2, 0.25) is 0 Å². The molecular weight excluding hydrogens is 815 g/mol. The van der Waals surface area contributed by atoms with Crippen molar-refractivity contribution >= 4 is 107 Å². The van der Waals surface area contributed by atoms with Gasteiger partial charge in [0, 0.05) is 84.4 Å². The van der Waals surface area contributed by atoms with Crippen LogP contribution in [0.15, 0.2) is 212 Å². The number of rotatable bonds is 5. The summed E-state index contributed by atoms with van der Waals surface area (Å²) in [6.07, 6.45) is 0. The molecule has 0 saturated carbocycles. The molecule has 0 aliphatic heterocycles. The lowest BCUT2D eigenvalue weighted by molar-refractivity contribution is 1.18. The van der Waals surface area contributed by atoms with Gasteiger partial charge in [0.05, 0.1) is 33.5 Å². The summed E-state index contributed by atoms with van der Waals surface area (Å²) in [5.74, 6) is 0. The van der Waals surface area contributed by atoms with Gasteiger partial charge in [-0.15, -0.1) is 22.7 Å². The molecule has 0 atom stereocenters. The molecule has 0 N–H and O–H groups in total. The minimum Gasteiger partial charge on any atom is -0.309 e. The summed E-state index contributed by atoms with van der Waals surface area (Å²) in [6.45, 7) is 0. The third-order valence-electron chi connectivity index (χ3n) is 13.1. The molecule has 0 unspecified atom stereocenters. The van der Waals surface area contributed by atoms with E-state index < -0.39 is 0 Å². The Bertz CT molecular complexity index is 3950. The quantitative estimate of drug-likeness (QED) is 0.169. The van der Waals surface area contributed by atoms with Crippen LogP contribution >= 0.6 is 22.7 Å². The van der Waals surface area contributed by atoms with Crippen LogP contribution in [0.25, 0.3) is 129 Å². The Hall–Kier alpha value is -7.83. The van der Waals surface area contributed by atoms with Crippen LogP contribution in [-0.4, -0.2) is 14.1 Å². The SMILES string of the molecule is c1ccc(-c2cc(-c3cccc(-n4c5ccccc5c5c6sc7ccccc7c6ccc54)c3)cc(-c3cccc(-n4c5ccccc5c5c6sc7ccccc7c6ccc54)c3)n2)cc1. The molecule has 0 bridgehead atoms. The predicted octanol–water partition coefficient (Wildman–Crippen LogP) is 17.0. The summed E-state index contributed by atoms with van der Waals surface area (Å²) in [5, 5.41) is 10.4. The van der Waals surface area contributed by atoms with Crippen molar-refractivity contribution in [2.45, 2.75) is 0 Å². The summed E-state index contributed by atoms with van der Waals surface area (Å²) in [4.78, 5) is 5.40. The monoisotopic (exact) mass is 849 g/mol. The number of hydrogen-bond acceptors (Lipinski definition) is 3. The maximum absolute atomic E-state index is 5.40. The topological polar surface area (TPSA) is 22.8 Å². The average molecular weight is 850 g/mol. The van der Waals surface area contributed by atoms with Crippen LogP contribution in [0.3, 0.4) is 0 Å². The van der Waals surface area contributed by atoms with Crippen molar-refractivity contribution in [1.82, 2.24) is 14.1 Å². The number of benzene rings is 9. The Morgan fingerprint density at radius 1 is 0.297 bits per heavy atom. The van der Waals surface area contributed by atoms with Gasteiger partial charge in [0.25, 0.3) is 0 Å². The van der Waals surface area contributed by atoms with Gasteiger partial charge >= 0.3 is 0 Å². The third-order valence-corrected chi connectivity index (χ3v) is 15.5. The average Bonchev–Trinajstić information content (AvgIpc) is 4.12. The van der Waals surface area contributed by atoms with E-state index in [0.717, 1.165) is 45.0 Å². The van der Waals surface area contributed by atoms with Crippen LogP contribution < -0.4 is 0 Å². The van der Waals surface area contributed by atoms with Crippen LogP contribution in [-0.2, 0) is 0 Å². The van der Waals surface area contributed by atoms with Gasteiger partial charge in [-0.3, -0.25) is 0 Å². The minimum atomic E-state index is 0.931. The fraction of sp³-hybridized carbons (Fsp3) is 0. The van der Waals surface area contributed by atoms with Crippen LogP contribution in [0.2, 0.25) is 0 Å². The zero-order chi connectivity index (χ0) is 41.9. The second kappa shape index (κ2) is 13.8. The molecule has 14 aromatic rings. The summed E-state index contributed by atoms with van der Waals surface area (Å²) >= 11 is 3.78. The van der Waals surface area contributed by atoms with Gasteiger partial charge in [-0.1, -0.05) is 140 Å². The number of para-hydroxylation sites is 2. The van der Waals surface area contributed by atoms with Crippen molar-refractivity contribution in [3.05, 3.63) is 212 Å². The van der Waals surface area contributed by atoms with Gasteiger partial charge in [-0.05, 0) is 83.9 Å². The maximum atomic E-state index is 5.40. The molecule has 0 saturated heterocycles. The molecule has 64 heavy (non-hydrogen) atoms. The summed E-state index contributed by atoms with van der Waals surface area (Å²) in [5.41, 5.74) is 13.3. The molecule has 9 aromatic carbocycles. The Kier molecular flexibility index (Phi) is 7.73. The molecule has 0 fully saturated rings. The fourth-order valence-electron chi connectivity index (χ4n) is 10.3. The van der Waals surface area contributed by atoms with Gasteiger partial charge in [0.1, 0.15) is 0 Å². The van der Waals surface area contributed by atoms with Crippen molar-refractivity contribution < 1.29 is 0 Å². The highest BCUT2D eigenvalue weighted by atomic mass is 32.1. The lowest BCUT2D eigenvalue weighted by Crippen LogP contribution is -1.96. The van der Waals surface area contributed by atoms with E-state index in [0.29, 0.717) is 0 Å². The van der Waals surface area contributed by atoms with Crippen molar-refractivity contribution in [3.8, 4) is 45.0 Å². The zero-order valence-electron chi connectivity index (χ0n) is 34.4. The Morgan fingerprint density at radius 2 is 0.750 bits per heavy atom. The van der Waals surface area contributed by atoms with E-state index in [-0.39, 0.29) is 0 Å². The van der Waals surface area contributed by atoms with Crippen LogP contribution in [0, 0.1) is 0 Å². The molecule has 0 spiro atoms. The number of hydrogen-bond donors (Lipinski definition) is 0. The number of nitrogens with zero attached hydrogens (tertiary/aromatic N) is 3. The van der Waals surface area contributed by atoms with Gasteiger partial charge < -0.3 is 9.13 Å². The Labute approximate surface area is 376 Å². The van der Waals surface area contributed by atoms with E-state index in [9.17, 15) is 0 Å². The van der Waals surface area contributed by atoms with E-state index in [2.05, 4.69) is 221 Å². The molecule has 14 rings (SSSR count). The van der Waals surface area contributed by atoms with Crippen molar-refractivity contribution in [2.24, 2.45) is 0 Å². The molecule has 0 aliphatic carbocycles. The molecule has 5 aromatic heterocycles. The van der Waals surface area contributed by atoms with Crippen molar-refractivity contribution in [1.29, 1.82) is 0 Å². The summed E-state index contributed by atoms with van der Waals surface area (Å²) in [6, 6.07) is 77.5. The number of aromatic nitrogens is 3. The largest absolute Gasteiger partial charge is 0.309 e. The van der Waals surface area contributed by atoms with E-state index >= 15 is 0 Å². The van der Waals surface area contributed by atoms with Crippen LogP contribution in [0.4, 0.5) is 0 Å². The summed E-state index contributed by atoms with van der Waals surface area (Å²) in [7, 11) is 0. The molecule has 0 amide bonds. The van der Waals surface area contributed by atoms with Crippen LogP contribution in [0.5, 0.6) is 0 Å². The van der Waals surface area contributed by atoms with Crippen molar-refractivity contribution in [2.75, 3.05) is 0 Å². The second-order valence-corrected chi connectivity index (χ2v) is 18.8. The second-order valence-electron chi connectivity index (χ2n) is 16.7. The molecule has 5 heteroatoms. The highest BCUT2D eigenvalue weighted by molar-refractivity contribution is 7.27. The maximum Gasteiger partial charge on any atom is 0.0716 e. The van der Waals surface area contributed by atoms with E-state index in [1.807, 2.05) is 22.7 Å². The highest BCUT2D eigenvalue weighted by Crippen LogP contribution is 2.45. The van der Waals surface area contributed by atoms with E-state index in [1.165, 1.54) is 84.0 Å². The normalized spacial score (nSPS) is 12.1. The smallest absolute Gasteiger partial charge is 0.0716 e. The molecular formula is C59H35N3S2. The number of thiophene rings is 2. The first-order chi connectivity index (χ1) is 31.7. The molecule has 0 radical (unpaired) electrons. The zero-order valence-corrected chi connectivity index (χ0v) is 36.0. The Morgan fingerprint density at radius 3 is 1.33 bits per heavy atom. The standard InChI is InChI=1S/C59H35N3S2/c1-2-14-36(15-3-1)48-34-39(37-16-12-18-40(32-37)61-50-24-8-4-22-46(50)56-52(61)30-28-44-42-20-6-10-26-54(42)63-58(44)56)35-49(60-48)38-17-13-19-41(33-38)62-51-25-9-5-23-47(51)57-53(62)31-29-45-43-21-7-11-27-55(43)64-59(45)57/h1-35H. The lowest BCUT2D eigenvalue weighted by Gasteiger charge is -2.14. The van der Waals surface area contributed by atoms with E-state index in [1.54, 1.807) is 0 Å².